The summed E-state index contributed by atoms with van der Waals surface area (Å²) in [7, 11) is 0. The van der Waals surface area contributed by atoms with Crippen molar-refractivity contribution in [3.8, 4) is 0 Å². The van der Waals surface area contributed by atoms with Crippen LogP contribution in [0, 0.1) is 5.92 Å². The van der Waals surface area contributed by atoms with Gasteiger partial charge in [0.2, 0.25) is 0 Å². The Morgan fingerprint density at radius 3 is 3.10 bits per heavy atom. The van der Waals surface area contributed by atoms with Crippen LogP contribution in [-0.4, -0.2) is 46.0 Å². The Labute approximate surface area is 119 Å². The Kier molecular flexibility index (Phi) is 4.06. The molecule has 5 heteroatoms. The first kappa shape index (κ1) is 13.2. The van der Waals surface area contributed by atoms with Gasteiger partial charge >= 0.3 is 0 Å². The Morgan fingerprint density at radius 2 is 2.20 bits per heavy atom. The summed E-state index contributed by atoms with van der Waals surface area (Å²) in [6.07, 6.45) is 5.89. The minimum Gasteiger partial charge on any atom is -0.370 e. The molecule has 1 fully saturated rings. The minimum atomic E-state index is 0.705. The molecule has 0 aliphatic carbocycles. The summed E-state index contributed by atoms with van der Waals surface area (Å²) in [5.41, 5.74) is 1.55. The van der Waals surface area contributed by atoms with E-state index in [0.717, 1.165) is 23.8 Å². The lowest BCUT2D eigenvalue weighted by molar-refractivity contribution is 0.327. The van der Waals surface area contributed by atoms with E-state index in [1.165, 1.54) is 32.5 Å². The van der Waals surface area contributed by atoms with Crippen molar-refractivity contribution in [3.05, 3.63) is 24.5 Å². The fourth-order valence-corrected chi connectivity index (χ4v) is 2.80. The largest absolute Gasteiger partial charge is 0.370 e. The SMILES string of the molecule is CCCN1CCC(CNc2ccc3nccnc3n2)C1. The number of fused-ring (bicyclic) bond motifs is 1. The fraction of sp³-hybridized carbons (Fsp3) is 0.533. The molecule has 0 spiro atoms. The molecule has 1 atom stereocenters. The van der Waals surface area contributed by atoms with E-state index in [4.69, 9.17) is 0 Å². The topological polar surface area (TPSA) is 53.9 Å². The van der Waals surface area contributed by atoms with Gasteiger partial charge in [0.25, 0.3) is 0 Å². The third-order valence-corrected chi connectivity index (χ3v) is 3.81. The van der Waals surface area contributed by atoms with Crippen LogP contribution in [0.2, 0.25) is 0 Å². The van der Waals surface area contributed by atoms with E-state index < -0.39 is 0 Å². The lowest BCUT2D eigenvalue weighted by Gasteiger charge is -2.15. The van der Waals surface area contributed by atoms with E-state index >= 15 is 0 Å². The second-order valence-corrected chi connectivity index (χ2v) is 5.43. The Hall–Kier alpha value is -1.75. The van der Waals surface area contributed by atoms with Gasteiger partial charge in [-0.05, 0) is 44.0 Å². The standard InChI is InChI=1S/C15H21N5/c1-2-8-20-9-5-12(11-20)10-18-14-4-3-13-15(19-14)17-7-6-16-13/h3-4,6-7,12H,2,5,8-11H2,1H3,(H,17,18,19). The highest BCUT2D eigenvalue weighted by Crippen LogP contribution is 2.17. The summed E-state index contributed by atoms with van der Waals surface area (Å²) in [4.78, 5) is 15.5. The maximum atomic E-state index is 4.49. The van der Waals surface area contributed by atoms with E-state index in [0.29, 0.717) is 5.65 Å². The molecule has 0 bridgehead atoms. The first-order chi connectivity index (χ1) is 9.85. The van der Waals surface area contributed by atoms with Crippen LogP contribution in [0.1, 0.15) is 19.8 Å². The zero-order valence-electron chi connectivity index (χ0n) is 11.9. The third kappa shape index (κ3) is 3.04. The van der Waals surface area contributed by atoms with Gasteiger partial charge in [-0.1, -0.05) is 6.92 Å². The number of aromatic nitrogens is 3. The monoisotopic (exact) mass is 271 g/mol. The van der Waals surface area contributed by atoms with Crippen molar-refractivity contribution in [1.29, 1.82) is 0 Å². The van der Waals surface area contributed by atoms with E-state index in [1.54, 1.807) is 12.4 Å². The van der Waals surface area contributed by atoms with Crippen molar-refractivity contribution in [2.75, 3.05) is 31.5 Å². The van der Waals surface area contributed by atoms with Crippen LogP contribution in [0.5, 0.6) is 0 Å². The molecule has 0 amide bonds. The fourth-order valence-electron chi connectivity index (χ4n) is 2.80. The first-order valence-electron chi connectivity index (χ1n) is 7.39. The molecule has 2 aromatic heterocycles. The van der Waals surface area contributed by atoms with Crippen LogP contribution in [0.15, 0.2) is 24.5 Å². The number of anilines is 1. The molecular weight excluding hydrogens is 250 g/mol. The van der Waals surface area contributed by atoms with Gasteiger partial charge in [-0.3, -0.25) is 4.98 Å². The van der Waals surface area contributed by atoms with Gasteiger partial charge in [-0.15, -0.1) is 0 Å². The Balaban J connectivity index is 1.57. The maximum absolute atomic E-state index is 4.49. The van der Waals surface area contributed by atoms with E-state index in [2.05, 4.69) is 32.1 Å². The van der Waals surface area contributed by atoms with Crippen molar-refractivity contribution in [3.63, 3.8) is 0 Å². The molecule has 5 nitrogen and oxygen atoms in total. The molecule has 20 heavy (non-hydrogen) atoms. The molecule has 1 N–H and O–H groups in total. The molecule has 0 aromatic carbocycles. The molecule has 3 heterocycles. The summed E-state index contributed by atoms with van der Waals surface area (Å²) in [5.74, 6) is 1.62. The number of rotatable bonds is 5. The van der Waals surface area contributed by atoms with Gasteiger partial charge < -0.3 is 10.2 Å². The van der Waals surface area contributed by atoms with Crippen LogP contribution in [-0.2, 0) is 0 Å². The molecule has 1 saturated heterocycles. The predicted molar refractivity (Wildman–Crippen MR) is 80.7 cm³/mol. The third-order valence-electron chi connectivity index (χ3n) is 3.81. The van der Waals surface area contributed by atoms with Gasteiger partial charge in [0, 0.05) is 25.5 Å². The van der Waals surface area contributed by atoms with Crippen LogP contribution < -0.4 is 5.32 Å². The van der Waals surface area contributed by atoms with Gasteiger partial charge in [0.15, 0.2) is 5.65 Å². The lowest BCUT2D eigenvalue weighted by atomic mass is 10.1. The number of nitrogens with zero attached hydrogens (tertiary/aromatic N) is 4. The average molecular weight is 271 g/mol. The number of pyridine rings is 1. The van der Waals surface area contributed by atoms with Crippen molar-refractivity contribution in [2.24, 2.45) is 5.92 Å². The molecule has 1 aliphatic rings. The zero-order chi connectivity index (χ0) is 13.8. The normalized spacial score (nSPS) is 19.6. The highest BCUT2D eigenvalue weighted by Gasteiger charge is 2.21. The van der Waals surface area contributed by atoms with Crippen LogP contribution in [0.25, 0.3) is 11.2 Å². The minimum absolute atomic E-state index is 0.705. The van der Waals surface area contributed by atoms with E-state index in [-0.39, 0.29) is 0 Å². The maximum Gasteiger partial charge on any atom is 0.180 e. The molecule has 2 aromatic rings. The predicted octanol–water partition coefficient (Wildman–Crippen LogP) is 2.17. The van der Waals surface area contributed by atoms with Crippen molar-refractivity contribution in [1.82, 2.24) is 19.9 Å². The number of hydrogen-bond acceptors (Lipinski definition) is 5. The van der Waals surface area contributed by atoms with Crippen molar-refractivity contribution in [2.45, 2.75) is 19.8 Å². The summed E-state index contributed by atoms with van der Waals surface area (Å²) in [6, 6.07) is 3.95. The Morgan fingerprint density at radius 1 is 1.30 bits per heavy atom. The summed E-state index contributed by atoms with van der Waals surface area (Å²) < 4.78 is 0. The zero-order valence-corrected chi connectivity index (χ0v) is 11.9. The smallest absolute Gasteiger partial charge is 0.180 e. The highest BCUT2D eigenvalue weighted by molar-refractivity contribution is 5.71. The van der Waals surface area contributed by atoms with E-state index in [9.17, 15) is 0 Å². The molecular formula is C15H21N5. The van der Waals surface area contributed by atoms with E-state index in [1.807, 2.05) is 12.1 Å². The molecule has 1 aliphatic heterocycles. The lowest BCUT2D eigenvalue weighted by Crippen LogP contribution is -2.23. The van der Waals surface area contributed by atoms with Crippen LogP contribution in [0.4, 0.5) is 5.82 Å². The number of nitrogens with one attached hydrogen (secondary N) is 1. The second kappa shape index (κ2) is 6.13. The van der Waals surface area contributed by atoms with Crippen molar-refractivity contribution < 1.29 is 0 Å². The molecule has 3 rings (SSSR count). The van der Waals surface area contributed by atoms with Gasteiger partial charge in [0.05, 0.1) is 0 Å². The summed E-state index contributed by atoms with van der Waals surface area (Å²) in [5, 5.41) is 3.44. The summed E-state index contributed by atoms with van der Waals surface area (Å²) in [6.45, 7) is 6.88. The quantitative estimate of drug-likeness (QED) is 0.903. The molecule has 0 saturated carbocycles. The van der Waals surface area contributed by atoms with Gasteiger partial charge in [0.1, 0.15) is 11.3 Å². The Bertz CT molecular complexity index is 571. The highest BCUT2D eigenvalue weighted by atomic mass is 15.1. The summed E-state index contributed by atoms with van der Waals surface area (Å²) >= 11 is 0. The second-order valence-electron chi connectivity index (χ2n) is 5.43. The van der Waals surface area contributed by atoms with Crippen molar-refractivity contribution >= 4 is 17.0 Å². The average Bonchev–Trinajstić information content (AvgIpc) is 2.93. The molecule has 0 radical (unpaired) electrons. The number of hydrogen-bond donors (Lipinski definition) is 1. The van der Waals surface area contributed by atoms with Gasteiger partial charge in [-0.25, -0.2) is 9.97 Å². The van der Waals surface area contributed by atoms with Gasteiger partial charge in [-0.2, -0.15) is 0 Å². The first-order valence-corrected chi connectivity index (χ1v) is 7.39. The van der Waals surface area contributed by atoms with Crippen LogP contribution >= 0.6 is 0 Å². The van der Waals surface area contributed by atoms with Crippen LogP contribution in [0.3, 0.4) is 0 Å². The molecule has 1 unspecified atom stereocenters. The number of likely N-dealkylation sites (tertiary alicyclic amines) is 1. The molecule has 106 valence electrons.